The highest BCUT2D eigenvalue weighted by atomic mass is 19.1. The molecule has 1 rings (SSSR count). The summed E-state index contributed by atoms with van der Waals surface area (Å²) in [6.45, 7) is 1.55. The highest BCUT2D eigenvalue weighted by molar-refractivity contribution is 5.74. The van der Waals surface area contributed by atoms with Gasteiger partial charge in [-0.15, -0.1) is 0 Å². The lowest BCUT2D eigenvalue weighted by atomic mass is 10.1. The van der Waals surface area contributed by atoms with Crippen LogP contribution in [0.2, 0.25) is 0 Å². The standard InChI is InChI=1S/C12H18FN3O/c1-9(16-12(14)15)8-10-2-4-11(5-3-10)17-7-6-13/h2-5,9H,6-8H2,1H3,(H4,14,15,16). The van der Waals surface area contributed by atoms with Crippen molar-refractivity contribution in [3.05, 3.63) is 29.8 Å². The van der Waals surface area contributed by atoms with E-state index in [1.807, 2.05) is 31.2 Å². The van der Waals surface area contributed by atoms with Crippen LogP contribution in [-0.4, -0.2) is 25.3 Å². The minimum Gasteiger partial charge on any atom is -0.491 e. The Hall–Kier alpha value is -1.78. The highest BCUT2D eigenvalue weighted by Gasteiger charge is 2.03. The van der Waals surface area contributed by atoms with Crippen LogP contribution in [0, 0.1) is 5.41 Å². The van der Waals surface area contributed by atoms with E-state index in [-0.39, 0.29) is 18.6 Å². The second kappa shape index (κ2) is 6.73. The molecule has 0 fully saturated rings. The van der Waals surface area contributed by atoms with Gasteiger partial charge in [-0.3, -0.25) is 5.41 Å². The minimum absolute atomic E-state index is 0.0274. The number of hydrogen-bond acceptors (Lipinski definition) is 2. The second-order valence-electron chi connectivity index (χ2n) is 3.84. The van der Waals surface area contributed by atoms with Gasteiger partial charge < -0.3 is 15.8 Å². The summed E-state index contributed by atoms with van der Waals surface area (Å²) < 4.78 is 17.0. The minimum atomic E-state index is -0.485. The fourth-order valence-electron chi connectivity index (χ4n) is 1.55. The first-order valence-electron chi connectivity index (χ1n) is 5.50. The number of benzene rings is 1. The molecule has 17 heavy (non-hydrogen) atoms. The molecule has 1 aromatic rings. The number of alkyl halides is 1. The zero-order valence-electron chi connectivity index (χ0n) is 9.87. The molecule has 0 radical (unpaired) electrons. The van der Waals surface area contributed by atoms with Crippen molar-refractivity contribution in [2.45, 2.75) is 19.4 Å². The summed E-state index contributed by atoms with van der Waals surface area (Å²) in [6.07, 6.45) is 0.767. The fourth-order valence-corrected chi connectivity index (χ4v) is 1.55. The third-order valence-corrected chi connectivity index (χ3v) is 2.21. The van der Waals surface area contributed by atoms with E-state index < -0.39 is 6.67 Å². The maximum Gasteiger partial charge on any atom is 0.185 e. The van der Waals surface area contributed by atoms with Gasteiger partial charge in [0.2, 0.25) is 0 Å². The van der Waals surface area contributed by atoms with Crippen LogP contribution < -0.4 is 15.8 Å². The molecule has 0 heterocycles. The van der Waals surface area contributed by atoms with E-state index in [0.29, 0.717) is 5.75 Å². The molecule has 4 nitrogen and oxygen atoms in total. The number of nitrogens with one attached hydrogen (secondary N) is 2. The number of halogens is 1. The molecule has 1 atom stereocenters. The lowest BCUT2D eigenvalue weighted by molar-refractivity contribution is 0.273. The summed E-state index contributed by atoms with van der Waals surface area (Å²) in [6, 6.07) is 7.57. The highest BCUT2D eigenvalue weighted by Crippen LogP contribution is 2.13. The molecule has 5 heteroatoms. The summed E-state index contributed by atoms with van der Waals surface area (Å²) >= 11 is 0. The smallest absolute Gasteiger partial charge is 0.185 e. The molecule has 0 saturated heterocycles. The molecule has 1 aromatic carbocycles. The van der Waals surface area contributed by atoms with Crippen LogP contribution in [0.4, 0.5) is 4.39 Å². The molecule has 0 amide bonds. The monoisotopic (exact) mass is 239 g/mol. The van der Waals surface area contributed by atoms with Crippen LogP contribution in [0.25, 0.3) is 0 Å². The zero-order chi connectivity index (χ0) is 12.7. The molecular weight excluding hydrogens is 221 g/mol. The molecular formula is C12H18FN3O. The van der Waals surface area contributed by atoms with Crippen molar-refractivity contribution in [1.29, 1.82) is 5.41 Å². The van der Waals surface area contributed by atoms with E-state index in [2.05, 4.69) is 5.32 Å². The Morgan fingerprint density at radius 3 is 2.65 bits per heavy atom. The van der Waals surface area contributed by atoms with Gasteiger partial charge in [-0.05, 0) is 31.0 Å². The van der Waals surface area contributed by atoms with Crippen molar-refractivity contribution >= 4 is 5.96 Å². The van der Waals surface area contributed by atoms with E-state index in [1.165, 1.54) is 0 Å². The Bertz CT molecular complexity index is 353. The van der Waals surface area contributed by atoms with Crippen LogP contribution >= 0.6 is 0 Å². The largest absolute Gasteiger partial charge is 0.491 e. The predicted octanol–water partition coefficient (Wildman–Crippen LogP) is 1.45. The molecule has 4 N–H and O–H groups in total. The van der Waals surface area contributed by atoms with Crippen molar-refractivity contribution in [3.8, 4) is 5.75 Å². The van der Waals surface area contributed by atoms with Crippen molar-refractivity contribution < 1.29 is 9.13 Å². The van der Waals surface area contributed by atoms with E-state index in [0.717, 1.165) is 12.0 Å². The number of nitrogens with two attached hydrogens (primary N) is 1. The van der Waals surface area contributed by atoms with Crippen LogP contribution in [0.3, 0.4) is 0 Å². The SMILES string of the molecule is CC(Cc1ccc(OCCF)cc1)NC(=N)N. The molecule has 0 aliphatic heterocycles. The lowest BCUT2D eigenvalue weighted by Crippen LogP contribution is -2.38. The normalized spacial score (nSPS) is 11.9. The Balaban J connectivity index is 2.47. The second-order valence-corrected chi connectivity index (χ2v) is 3.84. The Labute approximate surface area is 100 Å². The van der Waals surface area contributed by atoms with Crippen molar-refractivity contribution in [3.63, 3.8) is 0 Å². The fraction of sp³-hybridized carbons (Fsp3) is 0.417. The van der Waals surface area contributed by atoms with E-state index >= 15 is 0 Å². The van der Waals surface area contributed by atoms with Gasteiger partial charge in [-0.25, -0.2) is 4.39 Å². The van der Waals surface area contributed by atoms with Gasteiger partial charge >= 0.3 is 0 Å². The first-order chi connectivity index (χ1) is 8.11. The first-order valence-corrected chi connectivity index (χ1v) is 5.50. The van der Waals surface area contributed by atoms with Crippen LogP contribution in [0.1, 0.15) is 12.5 Å². The quantitative estimate of drug-likeness (QED) is 0.519. The molecule has 0 spiro atoms. The molecule has 94 valence electrons. The Morgan fingerprint density at radius 1 is 1.47 bits per heavy atom. The van der Waals surface area contributed by atoms with E-state index in [4.69, 9.17) is 15.9 Å². The Morgan fingerprint density at radius 2 is 2.12 bits per heavy atom. The number of ether oxygens (including phenoxy) is 1. The predicted molar refractivity (Wildman–Crippen MR) is 66.1 cm³/mol. The number of hydrogen-bond donors (Lipinski definition) is 3. The van der Waals surface area contributed by atoms with Gasteiger partial charge in [0, 0.05) is 6.04 Å². The van der Waals surface area contributed by atoms with Gasteiger partial charge in [0.1, 0.15) is 19.0 Å². The average molecular weight is 239 g/mol. The maximum absolute atomic E-state index is 11.9. The van der Waals surface area contributed by atoms with Gasteiger partial charge in [0.25, 0.3) is 0 Å². The van der Waals surface area contributed by atoms with Gasteiger partial charge in [-0.1, -0.05) is 12.1 Å². The number of guanidine groups is 1. The van der Waals surface area contributed by atoms with Gasteiger partial charge in [0.05, 0.1) is 0 Å². The van der Waals surface area contributed by atoms with E-state index in [9.17, 15) is 4.39 Å². The zero-order valence-corrected chi connectivity index (χ0v) is 9.87. The number of rotatable bonds is 6. The summed E-state index contributed by atoms with van der Waals surface area (Å²) in [7, 11) is 0. The molecule has 1 unspecified atom stereocenters. The van der Waals surface area contributed by atoms with Crippen LogP contribution in [0.5, 0.6) is 5.75 Å². The topological polar surface area (TPSA) is 71.1 Å². The molecule has 0 bridgehead atoms. The van der Waals surface area contributed by atoms with Crippen molar-refractivity contribution in [2.24, 2.45) is 5.73 Å². The summed E-state index contributed by atoms with van der Waals surface area (Å²) in [4.78, 5) is 0. The molecule has 0 aliphatic rings. The lowest BCUT2D eigenvalue weighted by Gasteiger charge is -2.13. The molecule has 0 aromatic heterocycles. The summed E-state index contributed by atoms with van der Waals surface area (Å²) in [5, 5.41) is 9.93. The summed E-state index contributed by atoms with van der Waals surface area (Å²) in [5.41, 5.74) is 6.35. The molecule has 0 saturated carbocycles. The third-order valence-electron chi connectivity index (χ3n) is 2.21. The van der Waals surface area contributed by atoms with Crippen LogP contribution in [-0.2, 0) is 6.42 Å². The average Bonchev–Trinajstić information content (AvgIpc) is 2.27. The van der Waals surface area contributed by atoms with Crippen LogP contribution in [0.15, 0.2) is 24.3 Å². The summed E-state index contributed by atoms with van der Waals surface area (Å²) in [5.74, 6) is 0.638. The van der Waals surface area contributed by atoms with Gasteiger partial charge in [-0.2, -0.15) is 0 Å². The third kappa shape index (κ3) is 5.19. The van der Waals surface area contributed by atoms with E-state index in [1.54, 1.807) is 0 Å². The van der Waals surface area contributed by atoms with Gasteiger partial charge in [0.15, 0.2) is 5.96 Å². The Kier molecular flexibility index (Phi) is 5.26. The maximum atomic E-state index is 11.9. The van der Waals surface area contributed by atoms with Crippen molar-refractivity contribution in [2.75, 3.05) is 13.3 Å². The molecule has 0 aliphatic carbocycles. The van der Waals surface area contributed by atoms with Crippen molar-refractivity contribution in [1.82, 2.24) is 5.32 Å². The first kappa shape index (κ1) is 13.3.